The van der Waals surface area contributed by atoms with Gasteiger partial charge in [-0.25, -0.2) is 4.79 Å². The molecule has 2 rings (SSSR count). The van der Waals surface area contributed by atoms with Crippen molar-refractivity contribution in [2.75, 3.05) is 7.11 Å². The number of carbonyl (C=O) groups is 1. The Morgan fingerprint density at radius 3 is 2.67 bits per heavy atom. The van der Waals surface area contributed by atoms with Gasteiger partial charge >= 0.3 is 5.97 Å². The highest BCUT2D eigenvalue weighted by Crippen LogP contribution is 2.34. The highest BCUT2D eigenvalue weighted by Gasteiger charge is 2.13. The molecular weight excluding hydrogens is 236 g/mol. The Balaban J connectivity index is 2.50. The maximum Gasteiger partial charge on any atom is 0.353 e. The molecule has 6 nitrogen and oxygen atoms in total. The minimum absolute atomic E-state index is 0.00898. The van der Waals surface area contributed by atoms with Gasteiger partial charge < -0.3 is 14.9 Å². The van der Waals surface area contributed by atoms with E-state index in [1.807, 2.05) is 0 Å². The predicted molar refractivity (Wildman–Crippen MR) is 63.9 cm³/mol. The number of aromatic carboxylic acids is 1. The number of phenols is 1. The molecule has 0 aliphatic rings. The fourth-order valence-corrected chi connectivity index (χ4v) is 1.63. The first-order chi connectivity index (χ1) is 8.52. The van der Waals surface area contributed by atoms with Crippen LogP contribution in [-0.4, -0.2) is 33.5 Å². The lowest BCUT2D eigenvalue weighted by Gasteiger charge is -2.08. The van der Waals surface area contributed by atoms with Crippen molar-refractivity contribution in [3.63, 3.8) is 0 Å². The molecule has 0 amide bonds. The second-order valence-electron chi connectivity index (χ2n) is 3.82. The molecule has 0 radical (unpaired) electrons. The van der Waals surface area contributed by atoms with Gasteiger partial charge in [0.2, 0.25) is 0 Å². The van der Waals surface area contributed by atoms with Gasteiger partial charge in [-0.05, 0) is 30.7 Å². The van der Waals surface area contributed by atoms with E-state index < -0.39 is 5.97 Å². The normalized spacial score (nSPS) is 10.3. The number of hydrogen-bond acceptors (Lipinski definition) is 4. The number of ether oxygens (including phenoxy) is 1. The first-order valence-electron chi connectivity index (χ1n) is 5.19. The maximum atomic E-state index is 10.8. The number of carboxylic acid groups (broad SMARTS) is 1. The third-order valence-corrected chi connectivity index (χ3v) is 2.59. The lowest BCUT2D eigenvalue weighted by molar-refractivity contribution is 0.0690. The Hall–Kier alpha value is -2.50. The molecule has 1 heterocycles. The molecule has 0 bridgehead atoms. The lowest BCUT2D eigenvalue weighted by Crippen LogP contribution is -1.95. The number of hydrogen-bond donors (Lipinski definition) is 3. The van der Waals surface area contributed by atoms with Crippen molar-refractivity contribution in [2.24, 2.45) is 0 Å². The van der Waals surface area contributed by atoms with Gasteiger partial charge in [-0.1, -0.05) is 0 Å². The zero-order valence-electron chi connectivity index (χ0n) is 9.89. The summed E-state index contributed by atoms with van der Waals surface area (Å²) in [5.74, 6) is -0.684. The van der Waals surface area contributed by atoms with Crippen LogP contribution in [0.2, 0.25) is 0 Å². The van der Waals surface area contributed by atoms with E-state index in [0.717, 1.165) is 0 Å². The Morgan fingerprint density at radius 2 is 2.11 bits per heavy atom. The van der Waals surface area contributed by atoms with Gasteiger partial charge in [-0.15, -0.1) is 0 Å². The number of aromatic amines is 1. The SMILES string of the molecule is COc1cc(-c2cc(C(=O)O)[nH]n2)cc(C)c1O. The van der Waals surface area contributed by atoms with Crippen molar-refractivity contribution in [3.05, 3.63) is 29.5 Å². The predicted octanol–water partition coefficient (Wildman–Crippen LogP) is 1.80. The van der Waals surface area contributed by atoms with Crippen LogP contribution in [0.3, 0.4) is 0 Å². The average molecular weight is 248 g/mol. The van der Waals surface area contributed by atoms with Crippen LogP contribution in [0, 0.1) is 6.92 Å². The maximum absolute atomic E-state index is 10.8. The number of carboxylic acids is 1. The third kappa shape index (κ3) is 2.00. The standard InChI is InChI=1S/C12H12N2O4/c1-6-3-7(4-10(18-2)11(6)15)8-5-9(12(16)17)14-13-8/h3-5,15H,1-2H3,(H,13,14)(H,16,17). The molecule has 2 aromatic rings. The number of nitrogens with one attached hydrogen (secondary N) is 1. The molecule has 0 fully saturated rings. The molecule has 0 atom stereocenters. The molecule has 0 aliphatic carbocycles. The Labute approximate surface area is 103 Å². The summed E-state index contributed by atoms with van der Waals surface area (Å²) in [4.78, 5) is 10.8. The summed E-state index contributed by atoms with van der Waals surface area (Å²) in [7, 11) is 1.45. The zero-order valence-corrected chi connectivity index (χ0v) is 9.89. The summed E-state index contributed by atoms with van der Waals surface area (Å²) in [5.41, 5.74) is 1.79. The fourth-order valence-electron chi connectivity index (χ4n) is 1.63. The molecule has 0 saturated carbocycles. The first kappa shape index (κ1) is 12.0. The highest BCUT2D eigenvalue weighted by atomic mass is 16.5. The van der Waals surface area contributed by atoms with E-state index >= 15 is 0 Å². The Morgan fingerprint density at radius 1 is 1.39 bits per heavy atom. The quantitative estimate of drug-likeness (QED) is 0.769. The molecule has 3 N–H and O–H groups in total. The van der Waals surface area contributed by atoms with Crippen LogP contribution in [0.4, 0.5) is 0 Å². The van der Waals surface area contributed by atoms with Crippen molar-refractivity contribution in [2.45, 2.75) is 6.92 Å². The number of rotatable bonds is 3. The summed E-state index contributed by atoms with van der Waals surface area (Å²) in [6, 6.07) is 4.73. The molecule has 1 aromatic heterocycles. The molecule has 0 saturated heterocycles. The molecule has 18 heavy (non-hydrogen) atoms. The van der Waals surface area contributed by atoms with Gasteiger partial charge in [0.25, 0.3) is 0 Å². The second kappa shape index (κ2) is 4.40. The van der Waals surface area contributed by atoms with Gasteiger partial charge in [0, 0.05) is 5.56 Å². The van der Waals surface area contributed by atoms with Crippen LogP contribution in [0.1, 0.15) is 16.1 Å². The van der Waals surface area contributed by atoms with Gasteiger partial charge in [0.1, 0.15) is 5.69 Å². The average Bonchev–Trinajstić information content (AvgIpc) is 2.82. The van der Waals surface area contributed by atoms with E-state index in [0.29, 0.717) is 22.6 Å². The van der Waals surface area contributed by atoms with E-state index in [9.17, 15) is 9.90 Å². The van der Waals surface area contributed by atoms with E-state index in [4.69, 9.17) is 9.84 Å². The molecule has 0 aliphatic heterocycles. The van der Waals surface area contributed by atoms with E-state index in [-0.39, 0.29) is 11.4 Å². The number of nitrogens with zero attached hydrogens (tertiary/aromatic N) is 1. The number of aryl methyl sites for hydroxylation is 1. The minimum Gasteiger partial charge on any atom is -0.504 e. The first-order valence-corrected chi connectivity index (χ1v) is 5.19. The summed E-state index contributed by atoms with van der Waals surface area (Å²) in [6.45, 7) is 1.73. The van der Waals surface area contributed by atoms with Crippen LogP contribution in [0.5, 0.6) is 11.5 Å². The van der Waals surface area contributed by atoms with Crippen molar-refractivity contribution < 1.29 is 19.7 Å². The van der Waals surface area contributed by atoms with Crippen LogP contribution in [0.15, 0.2) is 18.2 Å². The zero-order chi connectivity index (χ0) is 13.3. The van der Waals surface area contributed by atoms with Crippen molar-refractivity contribution in [1.82, 2.24) is 10.2 Å². The summed E-state index contributed by atoms with van der Waals surface area (Å²) in [5, 5.41) is 24.9. The lowest BCUT2D eigenvalue weighted by atomic mass is 10.1. The second-order valence-corrected chi connectivity index (χ2v) is 3.82. The molecular formula is C12H12N2O4. The van der Waals surface area contributed by atoms with Gasteiger partial charge in [-0.2, -0.15) is 5.10 Å². The number of aromatic nitrogens is 2. The van der Waals surface area contributed by atoms with Crippen LogP contribution < -0.4 is 4.74 Å². The van der Waals surface area contributed by atoms with Crippen molar-refractivity contribution in [1.29, 1.82) is 0 Å². The Kier molecular flexibility index (Phi) is 2.93. The monoisotopic (exact) mass is 248 g/mol. The van der Waals surface area contributed by atoms with E-state index in [1.54, 1.807) is 19.1 Å². The van der Waals surface area contributed by atoms with Gasteiger partial charge in [0.15, 0.2) is 11.5 Å². The highest BCUT2D eigenvalue weighted by molar-refractivity contribution is 5.87. The van der Waals surface area contributed by atoms with E-state index in [2.05, 4.69) is 10.2 Å². The van der Waals surface area contributed by atoms with Crippen molar-refractivity contribution in [3.8, 4) is 22.8 Å². The fraction of sp³-hybridized carbons (Fsp3) is 0.167. The third-order valence-electron chi connectivity index (χ3n) is 2.59. The molecule has 0 unspecified atom stereocenters. The Bertz CT molecular complexity index is 604. The summed E-state index contributed by atoms with van der Waals surface area (Å²) >= 11 is 0. The van der Waals surface area contributed by atoms with Gasteiger partial charge in [-0.3, -0.25) is 5.10 Å². The number of methoxy groups -OCH3 is 1. The van der Waals surface area contributed by atoms with E-state index in [1.165, 1.54) is 13.2 Å². The summed E-state index contributed by atoms with van der Waals surface area (Å²) in [6.07, 6.45) is 0. The summed E-state index contributed by atoms with van der Waals surface area (Å²) < 4.78 is 5.04. The number of aromatic hydroxyl groups is 1. The minimum atomic E-state index is -1.07. The number of H-pyrrole nitrogens is 1. The molecule has 0 spiro atoms. The number of benzene rings is 1. The van der Waals surface area contributed by atoms with Crippen molar-refractivity contribution >= 4 is 5.97 Å². The van der Waals surface area contributed by atoms with Crippen LogP contribution >= 0.6 is 0 Å². The largest absolute Gasteiger partial charge is 0.504 e. The smallest absolute Gasteiger partial charge is 0.353 e. The van der Waals surface area contributed by atoms with Crippen LogP contribution in [0.25, 0.3) is 11.3 Å². The molecule has 1 aromatic carbocycles. The van der Waals surface area contributed by atoms with Gasteiger partial charge in [0.05, 0.1) is 12.8 Å². The number of phenolic OH excluding ortho intramolecular Hbond substituents is 1. The molecule has 6 heteroatoms. The topological polar surface area (TPSA) is 95.4 Å². The van der Waals surface area contributed by atoms with Crippen LogP contribution in [-0.2, 0) is 0 Å². The molecule has 94 valence electrons.